The first-order chi connectivity index (χ1) is 7.31. The minimum atomic E-state index is 0.321. The van der Waals surface area contributed by atoms with Crippen LogP contribution in [0.3, 0.4) is 0 Å². The van der Waals surface area contributed by atoms with E-state index in [1.165, 1.54) is 19.2 Å². The number of halogens is 1. The van der Waals surface area contributed by atoms with Crippen LogP contribution in [0, 0.1) is 0 Å². The van der Waals surface area contributed by atoms with E-state index in [1.807, 2.05) is 6.92 Å². The molecule has 0 amide bonds. The van der Waals surface area contributed by atoms with Gasteiger partial charge in [0.25, 0.3) is 0 Å². The van der Waals surface area contributed by atoms with E-state index in [9.17, 15) is 0 Å². The lowest BCUT2D eigenvalue weighted by atomic mass is 10.2. The van der Waals surface area contributed by atoms with Gasteiger partial charge in [0.05, 0.1) is 5.56 Å². The largest absolute Gasteiger partial charge is 0.474 e. The van der Waals surface area contributed by atoms with Crippen LogP contribution in [0.2, 0.25) is 5.15 Å². The number of ether oxygens (including phenoxy) is 1. The van der Waals surface area contributed by atoms with Gasteiger partial charge in [-0.25, -0.2) is 9.97 Å². The van der Waals surface area contributed by atoms with Crippen molar-refractivity contribution in [3.8, 4) is 5.88 Å². The molecular weight excluding hydrogens is 212 g/mol. The Bertz CT molecular complexity index is 337. The predicted octanol–water partition coefficient (Wildman–Crippen LogP) is 3.01. The Morgan fingerprint density at radius 2 is 2.13 bits per heavy atom. The maximum atomic E-state index is 5.98. The summed E-state index contributed by atoms with van der Waals surface area (Å²) in [5, 5.41) is 0.514. The fourth-order valence-electron chi connectivity index (χ4n) is 1.94. The van der Waals surface area contributed by atoms with Crippen LogP contribution in [-0.2, 0) is 6.42 Å². The van der Waals surface area contributed by atoms with Crippen molar-refractivity contribution in [1.29, 1.82) is 0 Å². The lowest BCUT2D eigenvalue weighted by Gasteiger charge is -2.14. The van der Waals surface area contributed by atoms with Gasteiger partial charge >= 0.3 is 0 Å². The summed E-state index contributed by atoms with van der Waals surface area (Å²) < 4.78 is 5.84. The monoisotopic (exact) mass is 226 g/mol. The van der Waals surface area contributed by atoms with Crippen LogP contribution in [0.15, 0.2) is 6.33 Å². The van der Waals surface area contributed by atoms with E-state index in [0.29, 0.717) is 17.1 Å². The van der Waals surface area contributed by atoms with Gasteiger partial charge in [-0.3, -0.25) is 0 Å². The number of nitrogens with zero attached hydrogens (tertiary/aromatic N) is 2. The van der Waals surface area contributed by atoms with Crippen molar-refractivity contribution in [1.82, 2.24) is 9.97 Å². The lowest BCUT2D eigenvalue weighted by molar-refractivity contribution is 0.199. The van der Waals surface area contributed by atoms with Crippen LogP contribution >= 0.6 is 11.6 Å². The van der Waals surface area contributed by atoms with Crippen molar-refractivity contribution < 1.29 is 4.74 Å². The normalized spacial score (nSPS) is 16.9. The fourth-order valence-corrected chi connectivity index (χ4v) is 2.20. The molecule has 0 atom stereocenters. The molecule has 0 N–H and O–H groups in total. The Kier molecular flexibility index (Phi) is 3.41. The lowest BCUT2D eigenvalue weighted by Crippen LogP contribution is -2.13. The van der Waals surface area contributed by atoms with E-state index in [2.05, 4.69) is 9.97 Å². The summed E-state index contributed by atoms with van der Waals surface area (Å²) in [4.78, 5) is 8.12. The van der Waals surface area contributed by atoms with Crippen LogP contribution in [0.1, 0.15) is 38.2 Å². The molecule has 1 aromatic heterocycles. The zero-order chi connectivity index (χ0) is 10.7. The van der Waals surface area contributed by atoms with E-state index in [1.54, 1.807) is 0 Å². The second kappa shape index (κ2) is 4.79. The topological polar surface area (TPSA) is 35.0 Å². The van der Waals surface area contributed by atoms with Gasteiger partial charge < -0.3 is 4.74 Å². The average Bonchev–Trinajstić information content (AvgIpc) is 2.71. The smallest absolute Gasteiger partial charge is 0.221 e. The number of aromatic nitrogens is 2. The zero-order valence-corrected chi connectivity index (χ0v) is 9.63. The first kappa shape index (κ1) is 10.7. The molecule has 1 saturated carbocycles. The Morgan fingerprint density at radius 1 is 1.40 bits per heavy atom. The summed E-state index contributed by atoms with van der Waals surface area (Å²) in [5.74, 6) is 0.671. The van der Waals surface area contributed by atoms with Crippen LogP contribution in [-0.4, -0.2) is 16.1 Å². The Morgan fingerprint density at radius 3 is 2.80 bits per heavy atom. The molecule has 1 aromatic rings. The Balaban J connectivity index is 2.15. The quantitative estimate of drug-likeness (QED) is 0.744. The van der Waals surface area contributed by atoms with Crippen molar-refractivity contribution in [3.63, 3.8) is 0 Å². The third-order valence-electron chi connectivity index (χ3n) is 2.79. The molecule has 0 aromatic carbocycles. The van der Waals surface area contributed by atoms with Gasteiger partial charge in [0.2, 0.25) is 5.88 Å². The van der Waals surface area contributed by atoms with Crippen molar-refractivity contribution in [2.45, 2.75) is 45.1 Å². The molecule has 0 spiro atoms. The highest BCUT2D eigenvalue weighted by molar-refractivity contribution is 6.30. The summed E-state index contributed by atoms with van der Waals surface area (Å²) in [6, 6.07) is 0. The molecule has 0 aliphatic heterocycles. The highest BCUT2D eigenvalue weighted by atomic mass is 35.5. The zero-order valence-electron chi connectivity index (χ0n) is 8.87. The predicted molar refractivity (Wildman–Crippen MR) is 59.3 cm³/mol. The number of hydrogen-bond acceptors (Lipinski definition) is 3. The fraction of sp³-hybridized carbons (Fsp3) is 0.636. The van der Waals surface area contributed by atoms with Gasteiger partial charge in [-0.2, -0.15) is 0 Å². The third kappa shape index (κ3) is 2.40. The summed E-state index contributed by atoms with van der Waals surface area (Å²) in [7, 11) is 0. The first-order valence-corrected chi connectivity index (χ1v) is 5.85. The van der Waals surface area contributed by atoms with Gasteiger partial charge in [0.1, 0.15) is 17.6 Å². The van der Waals surface area contributed by atoms with Crippen LogP contribution in [0.4, 0.5) is 0 Å². The molecular formula is C11H15ClN2O. The van der Waals surface area contributed by atoms with Gasteiger partial charge in [0, 0.05) is 0 Å². The highest BCUT2D eigenvalue weighted by Gasteiger charge is 2.19. The van der Waals surface area contributed by atoms with Crippen LogP contribution in [0.5, 0.6) is 5.88 Å². The molecule has 1 heterocycles. The van der Waals surface area contributed by atoms with Crippen LogP contribution < -0.4 is 4.74 Å². The van der Waals surface area contributed by atoms with Crippen molar-refractivity contribution in [2.75, 3.05) is 0 Å². The van der Waals surface area contributed by atoms with Gasteiger partial charge in [-0.05, 0) is 32.1 Å². The molecule has 0 saturated heterocycles. The molecule has 82 valence electrons. The average molecular weight is 227 g/mol. The molecule has 4 heteroatoms. The minimum absolute atomic E-state index is 0.321. The van der Waals surface area contributed by atoms with Gasteiger partial charge in [-0.1, -0.05) is 18.5 Å². The molecule has 3 nitrogen and oxygen atoms in total. The molecule has 15 heavy (non-hydrogen) atoms. The molecule has 0 unspecified atom stereocenters. The summed E-state index contributed by atoms with van der Waals surface area (Å²) in [6.07, 6.45) is 7.36. The SMILES string of the molecule is CCc1c(Cl)ncnc1OC1CCCC1. The van der Waals surface area contributed by atoms with Gasteiger partial charge in [0.15, 0.2) is 0 Å². The van der Waals surface area contributed by atoms with E-state index in [4.69, 9.17) is 16.3 Å². The number of hydrogen-bond donors (Lipinski definition) is 0. The minimum Gasteiger partial charge on any atom is -0.474 e. The van der Waals surface area contributed by atoms with Crippen LogP contribution in [0.25, 0.3) is 0 Å². The standard InChI is InChI=1S/C11H15ClN2O/c1-2-9-10(12)13-7-14-11(9)15-8-5-3-4-6-8/h7-8H,2-6H2,1H3. The molecule has 1 fully saturated rings. The highest BCUT2D eigenvalue weighted by Crippen LogP contribution is 2.27. The van der Waals surface area contributed by atoms with E-state index in [0.717, 1.165) is 24.8 Å². The van der Waals surface area contributed by atoms with Gasteiger partial charge in [-0.15, -0.1) is 0 Å². The first-order valence-electron chi connectivity index (χ1n) is 5.47. The Hall–Kier alpha value is -0.830. The molecule has 2 rings (SSSR count). The van der Waals surface area contributed by atoms with E-state index < -0.39 is 0 Å². The van der Waals surface area contributed by atoms with Crippen molar-refractivity contribution >= 4 is 11.6 Å². The maximum Gasteiger partial charge on any atom is 0.221 e. The molecule has 1 aliphatic carbocycles. The van der Waals surface area contributed by atoms with Crippen molar-refractivity contribution in [2.24, 2.45) is 0 Å². The van der Waals surface area contributed by atoms with E-state index in [-0.39, 0.29) is 0 Å². The second-order valence-corrected chi connectivity index (χ2v) is 4.18. The maximum absolute atomic E-state index is 5.98. The molecule has 1 aliphatic rings. The third-order valence-corrected chi connectivity index (χ3v) is 3.11. The second-order valence-electron chi connectivity index (χ2n) is 3.83. The molecule has 0 radical (unpaired) electrons. The summed E-state index contributed by atoms with van der Waals surface area (Å²) >= 11 is 5.98. The van der Waals surface area contributed by atoms with E-state index >= 15 is 0 Å². The summed E-state index contributed by atoms with van der Waals surface area (Å²) in [6.45, 7) is 2.03. The van der Waals surface area contributed by atoms with Crippen molar-refractivity contribution in [3.05, 3.63) is 17.0 Å². The molecule has 0 bridgehead atoms. The Labute approximate surface area is 94.8 Å². The summed E-state index contributed by atoms with van der Waals surface area (Å²) in [5.41, 5.74) is 0.922. The number of rotatable bonds is 3.